The van der Waals surface area contributed by atoms with Crippen molar-refractivity contribution in [2.75, 3.05) is 26.6 Å². The molecule has 1 heterocycles. The summed E-state index contributed by atoms with van der Waals surface area (Å²) in [7, 11) is -7.23. The van der Waals surface area contributed by atoms with Crippen molar-refractivity contribution in [3.05, 3.63) is 60.7 Å². The molecule has 0 aliphatic carbocycles. The van der Waals surface area contributed by atoms with Gasteiger partial charge in [-0.3, -0.25) is 13.8 Å². The van der Waals surface area contributed by atoms with Crippen LogP contribution in [0.25, 0.3) is 10.8 Å². The first-order chi connectivity index (χ1) is 14.7. The molecule has 10 heteroatoms. The van der Waals surface area contributed by atoms with Gasteiger partial charge in [0.25, 0.3) is 10.0 Å². The van der Waals surface area contributed by atoms with Crippen LogP contribution in [0, 0.1) is 0 Å². The second-order valence-electron chi connectivity index (χ2n) is 7.19. The largest absolute Gasteiger partial charge is 0.325 e. The SMILES string of the molecule is CCCS(=O)(=O)Nc1ccc(NC(=O)CN2c3cccc4cccc(c34)S2(=O)=O)cc1. The van der Waals surface area contributed by atoms with Crippen LogP contribution >= 0.6 is 0 Å². The maximum Gasteiger partial charge on any atom is 0.265 e. The van der Waals surface area contributed by atoms with Crippen molar-refractivity contribution in [1.82, 2.24) is 0 Å². The number of carbonyl (C=O) groups is 1. The summed E-state index contributed by atoms with van der Waals surface area (Å²) in [5, 5.41) is 4.06. The third-order valence-corrected chi connectivity index (χ3v) is 8.18. The van der Waals surface area contributed by atoms with Gasteiger partial charge in [0.05, 0.1) is 16.3 Å². The molecule has 2 N–H and O–H groups in total. The van der Waals surface area contributed by atoms with Gasteiger partial charge in [-0.1, -0.05) is 31.2 Å². The minimum Gasteiger partial charge on any atom is -0.325 e. The van der Waals surface area contributed by atoms with Crippen molar-refractivity contribution >= 4 is 53.8 Å². The van der Waals surface area contributed by atoms with Gasteiger partial charge in [0.1, 0.15) is 6.54 Å². The van der Waals surface area contributed by atoms with Crippen LogP contribution in [0.15, 0.2) is 65.6 Å². The Morgan fingerprint density at radius 2 is 1.61 bits per heavy atom. The molecule has 4 rings (SSSR count). The van der Waals surface area contributed by atoms with E-state index in [1.54, 1.807) is 37.3 Å². The van der Waals surface area contributed by atoms with Crippen LogP contribution in [-0.4, -0.2) is 35.0 Å². The topological polar surface area (TPSA) is 113 Å². The van der Waals surface area contributed by atoms with E-state index in [0.29, 0.717) is 28.9 Å². The van der Waals surface area contributed by atoms with Crippen LogP contribution < -0.4 is 14.3 Å². The van der Waals surface area contributed by atoms with E-state index in [1.165, 1.54) is 18.2 Å². The monoisotopic (exact) mass is 459 g/mol. The average Bonchev–Trinajstić information content (AvgIpc) is 2.92. The number of hydrogen-bond donors (Lipinski definition) is 2. The van der Waals surface area contributed by atoms with E-state index < -0.39 is 26.0 Å². The zero-order chi connectivity index (χ0) is 22.2. The predicted molar refractivity (Wildman–Crippen MR) is 121 cm³/mol. The van der Waals surface area contributed by atoms with Gasteiger partial charge in [0.2, 0.25) is 15.9 Å². The molecule has 162 valence electrons. The third-order valence-electron chi connectivity index (χ3n) is 4.88. The number of hydrogen-bond acceptors (Lipinski definition) is 5. The number of sulfonamides is 2. The van der Waals surface area contributed by atoms with Gasteiger partial charge in [-0.25, -0.2) is 16.8 Å². The molecule has 0 unspecified atom stereocenters. The Morgan fingerprint density at radius 1 is 0.968 bits per heavy atom. The Morgan fingerprint density at radius 3 is 2.29 bits per heavy atom. The van der Waals surface area contributed by atoms with E-state index in [9.17, 15) is 21.6 Å². The van der Waals surface area contributed by atoms with Gasteiger partial charge >= 0.3 is 0 Å². The van der Waals surface area contributed by atoms with Crippen LogP contribution in [0.3, 0.4) is 0 Å². The molecule has 0 atom stereocenters. The lowest BCUT2D eigenvalue weighted by molar-refractivity contribution is -0.114. The molecule has 0 spiro atoms. The molecule has 3 aromatic rings. The Kier molecular flexibility index (Phi) is 5.36. The smallest absolute Gasteiger partial charge is 0.265 e. The van der Waals surface area contributed by atoms with Crippen molar-refractivity contribution < 1.29 is 21.6 Å². The summed E-state index contributed by atoms with van der Waals surface area (Å²) >= 11 is 0. The summed E-state index contributed by atoms with van der Waals surface area (Å²) < 4.78 is 53.2. The molecular formula is C21H21N3O5S2. The Bertz CT molecular complexity index is 1360. The Labute approximate surface area is 181 Å². The summed E-state index contributed by atoms with van der Waals surface area (Å²) in [4.78, 5) is 12.8. The fourth-order valence-electron chi connectivity index (χ4n) is 3.58. The van der Waals surface area contributed by atoms with E-state index in [2.05, 4.69) is 10.0 Å². The maximum absolute atomic E-state index is 13.0. The lowest BCUT2D eigenvalue weighted by atomic mass is 10.1. The van der Waals surface area contributed by atoms with Gasteiger partial charge < -0.3 is 5.32 Å². The van der Waals surface area contributed by atoms with Crippen molar-refractivity contribution in [3.8, 4) is 0 Å². The fraction of sp³-hybridized carbons (Fsp3) is 0.190. The lowest BCUT2D eigenvalue weighted by Gasteiger charge is -2.18. The predicted octanol–water partition coefficient (Wildman–Crippen LogP) is 3.14. The fourth-order valence-corrected chi connectivity index (χ4v) is 6.38. The van der Waals surface area contributed by atoms with Gasteiger partial charge in [-0.2, -0.15) is 0 Å². The van der Waals surface area contributed by atoms with Crippen molar-refractivity contribution in [2.24, 2.45) is 0 Å². The lowest BCUT2D eigenvalue weighted by Crippen LogP contribution is -2.35. The minimum absolute atomic E-state index is 0.0188. The number of anilines is 3. The molecule has 3 aromatic carbocycles. The first-order valence-corrected chi connectivity index (χ1v) is 12.8. The van der Waals surface area contributed by atoms with E-state index in [0.717, 1.165) is 9.69 Å². The summed E-state index contributed by atoms with van der Waals surface area (Å²) in [5.74, 6) is -0.488. The molecule has 0 aromatic heterocycles. The van der Waals surface area contributed by atoms with Crippen molar-refractivity contribution in [2.45, 2.75) is 18.2 Å². The van der Waals surface area contributed by atoms with Crippen molar-refractivity contribution in [3.63, 3.8) is 0 Å². The number of rotatable bonds is 7. The number of benzene rings is 3. The zero-order valence-corrected chi connectivity index (χ0v) is 18.3. The second-order valence-corrected chi connectivity index (χ2v) is 10.9. The first-order valence-electron chi connectivity index (χ1n) is 9.66. The molecule has 8 nitrogen and oxygen atoms in total. The zero-order valence-electron chi connectivity index (χ0n) is 16.7. The quantitative estimate of drug-likeness (QED) is 0.564. The number of nitrogens with one attached hydrogen (secondary N) is 2. The van der Waals surface area contributed by atoms with Gasteiger partial charge in [0, 0.05) is 16.8 Å². The molecular weight excluding hydrogens is 438 g/mol. The maximum atomic E-state index is 13.0. The highest BCUT2D eigenvalue weighted by Crippen LogP contribution is 2.41. The molecule has 0 bridgehead atoms. The van der Waals surface area contributed by atoms with Gasteiger partial charge in [0.15, 0.2) is 0 Å². The van der Waals surface area contributed by atoms with Gasteiger partial charge in [-0.15, -0.1) is 0 Å². The molecule has 0 fully saturated rings. The first kappa shape index (κ1) is 21.1. The highest BCUT2D eigenvalue weighted by Gasteiger charge is 2.36. The molecule has 1 aliphatic rings. The molecule has 0 saturated carbocycles. The van der Waals surface area contributed by atoms with Crippen LogP contribution in [0.4, 0.5) is 17.1 Å². The number of carbonyl (C=O) groups excluding carboxylic acids is 1. The normalized spacial score (nSPS) is 14.5. The highest BCUT2D eigenvalue weighted by atomic mass is 32.2. The Balaban J connectivity index is 1.49. The summed E-state index contributed by atoms with van der Waals surface area (Å²) in [6.07, 6.45) is 0.500. The number of amides is 1. The average molecular weight is 460 g/mol. The third kappa shape index (κ3) is 4.08. The minimum atomic E-state index is -3.82. The Hall–Kier alpha value is -3.11. The standard InChI is InChI=1S/C21H21N3O5S2/c1-2-13-30(26,27)23-17-11-9-16(10-12-17)22-20(25)14-24-18-7-3-5-15-6-4-8-19(21(15)18)31(24,28)29/h3-12,23H,2,13-14H2,1H3,(H,22,25). The van der Waals surface area contributed by atoms with E-state index in [-0.39, 0.29) is 17.2 Å². The van der Waals surface area contributed by atoms with Crippen LogP contribution in [0.5, 0.6) is 0 Å². The van der Waals surface area contributed by atoms with E-state index in [1.807, 2.05) is 12.1 Å². The molecule has 1 amide bonds. The van der Waals surface area contributed by atoms with E-state index in [4.69, 9.17) is 0 Å². The molecule has 1 aliphatic heterocycles. The highest BCUT2D eigenvalue weighted by molar-refractivity contribution is 7.93. The molecule has 31 heavy (non-hydrogen) atoms. The number of nitrogens with zero attached hydrogens (tertiary/aromatic N) is 1. The van der Waals surface area contributed by atoms with Crippen LogP contribution in [0.1, 0.15) is 13.3 Å². The van der Waals surface area contributed by atoms with Crippen molar-refractivity contribution in [1.29, 1.82) is 0 Å². The summed E-state index contributed by atoms with van der Waals surface area (Å²) in [6, 6.07) is 16.5. The van der Waals surface area contributed by atoms with Crippen LogP contribution in [0.2, 0.25) is 0 Å². The summed E-state index contributed by atoms with van der Waals surface area (Å²) in [6.45, 7) is 1.40. The van der Waals surface area contributed by atoms with Gasteiger partial charge in [-0.05, 0) is 48.2 Å². The molecule has 0 radical (unpaired) electrons. The van der Waals surface area contributed by atoms with E-state index >= 15 is 0 Å². The van der Waals surface area contributed by atoms with Crippen LogP contribution in [-0.2, 0) is 24.8 Å². The molecule has 0 saturated heterocycles. The summed E-state index contributed by atoms with van der Waals surface area (Å²) in [5.41, 5.74) is 1.29. The second kappa shape index (κ2) is 7.86.